The zero-order chi connectivity index (χ0) is 23.0. The third-order valence-electron chi connectivity index (χ3n) is 6.35. The fourth-order valence-corrected chi connectivity index (χ4v) is 4.88. The highest BCUT2D eigenvalue weighted by Crippen LogP contribution is 2.45. The molecule has 2 aliphatic rings. The smallest absolute Gasteiger partial charge is 0.336 e. The number of ketones is 1. The van der Waals surface area contributed by atoms with Gasteiger partial charge in [-0.1, -0.05) is 49.4 Å². The molecule has 0 fully saturated rings. The standard InChI is InChI=1S/C26H27NO5/c1-5-32-26(30)21-15(3)27-19-12-14(2)20(25(29)31-4)24(28)23(19)22(21)18-11-10-16-8-6-7-9-17(16)13-18/h6-11,13-14,20,22,27H,5,12H2,1-4H3/t14-,20-,22-/m0/s1. The van der Waals surface area contributed by atoms with Crippen LogP contribution in [0.3, 0.4) is 0 Å². The Balaban J connectivity index is 1.92. The van der Waals surface area contributed by atoms with E-state index < -0.39 is 23.8 Å². The third kappa shape index (κ3) is 3.60. The molecule has 2 aromatic carbocycles. The van der Waals surface area contributed by atoms with Gasteiger partial charge < -0.3 is 14.8 Å². The molecule has 0 amide bonds. The average Bonchev–Trinajstić information content (AvgIpc) is 2.77. The van der Waals surface area contributed by atoms with Crippen molar-refractivity contribution in [2.24, 2.45) is 11.8 Å². The second-order valence-electron chi connectivity index (χ2n) is 8.36. The minimum absolute atomic E-state index is 0.213. The molecule has 3 atom stereocenters. The van der Waals surface area contributed by atoms with Crippen molar-refractivity contribution in [2.45, 2.75) is 33.1 Å². The van der Waals surface area contributed by atoms with Crippen LogP contribution in [-0.2, 0) is 23.9 Å². The minimum atomic E-state index is -0.898. The predicted octanol–water partition coefficient (Wildman–Crippen LogP) is 4.02. The van der Waals surface area contributed by atoms with Crippen molar-refractivity contribution >= 4 is 28.5 Å². The van der Waals surface area contributed by atoms with E-state index in [9.17, 15) is 14.4 Å². The van der Waals surface area contributed by atoms with Gasteiger partial charge in [0.15, 0.2) is 5.78 Å². The molecule has 0 spiro atoms. The molecule has 6 nitrogen and oxygen atoms in total. The van der Waals surface area contributed by atoms with E-state index in [0.717, 1.165) is 22.0 Å². The van der Waals surface area contributed by atoms with Gasteiger partial charge in [0.25, 0.3) is 0 Å². The van der Waals surface area contributed by atoms with Crippen molar-refractivity contribution in [3.63, 3.8) is 0 Å². The Kier molecular flexibility index (Phi) is 5.87. The topological polar surface area (TPSA) is 81.7 Å². The van der Waals surface area contributed by atoms with Crippen LogP contribution in [0.2, 0.25) is 0 Å². The first-order chi connectivity index (χ1) is 15.4. The highest BCUT2D eigenvalue weighted by molar-refractivity contribution is 6.12. The number of fused-ring (bicyclic) bond motifs is 1. The first-order valence-corrected chi connectivity index (χ1v) is 10.9. The predicted molar refractivity (Wildman–Crippen MR) is 120 cm³/mol. The second-order valence-corrected chi connectivity index (χ2v) is 8.36. The second kappa shape index (κ2) is 8.61. The summed E-state index contributed by atoms with van der Waals surface area (Å²) in [7, 11) is 1.29. The molecule has 0 unspecified atom stereocenters. The normalized spacial score (nSPS) is 23.0. The molecule has 0 bridgehead atoms. The van der Waals surface area contributed by atoms with Crippen LogP contribution in [0.1, 0.15) is 38.7 Å². The Hall–Kier alpha value is -3.41. The van der Waals surface area contributed by atoms with Gasteiger partial charge in [-0.05, 0) is 42.5 Å². The number of allylic oxidation sites excluding steroid dienone is 3. The third-order valence-corrected chi connectivity index (χ3v) is 6.35. The Morgan fingerprint density at radius 3 is 2.53 bits per heavy atom. The van der Waals surface area contributed by atoms with Crippen LogP contribution in [0.25, 0.3) is 10.8 Å². The number of nitrogens with one attached hydrogen (secondary N) is 1. The number of esters is 2. The van der Waals surface area contributed by atoms with E-state index in [1.807, 2.05) is 56.3 Å². The molecule has 4 rings (SSSR count). The van der Waals surface area contributed by atoms with Gasteiger partial charge >= 0.3 is 11.9 Å². The number of hydrogen-bond donors (Lipinski definition) is 1. The first-order valence-electron chi connectivity index (χ1n) is 10.9. The molecule has 0 saturated carbocycles. The number of carbonyl (C=O) groups is 3. The molecular weight excluding hydrogens is 406 g/mol. The van der Waals surface area contributed by atoms with Gasteiger partial charge in [-0.2, -0.15) is 0 Å². The summed E-state index contributed by atoms with van der Waals surface area (Å²) in [4.78, 5) is 39.2. The molecule has 0 saturated heterocycles. The van der Waals surface area contributed by atoms with E-state index in [-0.39, 0.29) is 18.3 Å². The summed E-state index contributed by atoms with van der Waals surface area (Å²) < 4.78 is 10.3. The maximum atomic E-state index is 13.7. The molecule has 1 N–H and O–H groups in total. The minimum Gasteiger partial charge on any atom is -0.468 e. The monoisotopic (exact) mass is 433 g/mol. The lowest BCUT2D eigenvalue weighted by atomic mass is 9.69. The van der Waals surface area contributed by atoms with Crippen molar-refractivity contribution in [2.75, 3.05) is 13.7 Å². The molecule has 6 heteroatoms. The van der Waals surface area contributed by atoms with Crippen LogP contribution in [0.4, 0.5) is 0 Å². The number of benzene rings is 2. The zero-order valence-electron chi connectivity index (χ0n) is 18.7. The van der Waals surface area contributed by atoms with E-state index >= 15 is 0 Å². The van der Waals surface area contributed by atoms with Gasteiger partial charge in [-0.3, -0.25) is 9.59 Å². The molecule has 0 aromatic heterocycles. The first kappa shape index (κ1) is 21.8. The van der Waals surface area contributed by atoms with Crippen molar-refractivity contribution in [3.05, 3.63) is 70.6 Å². The number of carbonyl (C=O) groups excluding carboxylic acids is 3. The zero-order valence-corrected chi connectivity index (χ0v) is 18.7. The summed E-state index contributed by atoms with van der Waals surface area (Å²) in [6.07, 6.45) is 0.512. The molecule has 1 heterocycles. The van der Waals surface area contributed by atoms with Crippen molar-refractivity contribution < 1.29 is 23.9 Å². The van der Waals surface area contributed by atoms with Gasteiger partial charge in [0.1, 0.15) is 5.92 Å². The lowest BCUT2D eigenvalue weighted by Gasteiger charge is -2.38. The summed E-state index contributed by atoms with van der Waals surface area (Å²) >= 11 is 0. The highest BCUT2D eigenvalue weighted by atomic mass is 16.5. The average molecular weight is 434 g/mol. The number of dihydropyridines is 1. The van der Waals surface area contributed by atoms with Gasteiger partial charge in [0.05, 0.1) is 19.3 Å². The SMILES string of the molecule is CCOC(=O)C1=C(C)NC2=C(C(=O)[C@@H](C(=O)OC)[C@@H](C)C2)[C@H]1c1ccc2ccccc2c1. The molecule has 1 aliphatic carbocycles. The van der Waals surface area contributed by atoms with E-state index in [1.54, 1.807) is 6.92 Å². The fourth-order valence-electron chi connectivity index (χ4n) is 4.88. The van der Waals surface area contributed by atoms with Crippen LogP contribution in [0, 0.1) is 11.8 Å². The van der Waals surface area contributed by atoms with E-state index in [2.05, 4.69) is 5.32 Å². The number of hydrogen-bond acceptors (Lipinski definition) is 6. The number of ether oxygens (including phenoxy) is 2. The van der Waals surface area contributed by atoms with Crippen LogP contribution in [0.15, 0.2) is 65.0 Å². The Morgan fingerprint density at radius 2 is 1.84 bits per heavy atom. The van der Waals surface area contributed by atoms with Crippen molar-refractivity contribution in [1.82, 2.24) is 5.32 Å². The van der Waals surface area contributed by atoms with E-state index in [0.29, 0.717) is 23.3 Å². The molecule has 1 aliphatic heterocycles. The lowest BCUT2D eigenvalue weighted by molar-refractivity contribution is -0.151. The van der Waals surface area contributed by atoms with Crippen LogP contribution in [-0.4, -0.2) is 31.4 Å². The fraction of sp³-hybridized carbons (Fsp3) is 0.346. The molecule has 2 aromatic rings. The Labute approximate surface area is 187 Å². The van der Waals surface area contributed by atoms with Crippen LogP contribution in [0.5, 0.6) is 0 Å². The van der Waals surface area contributed by atoms with Crippen molar-refractivity contribution in [3.8, 4) is 0 Å². The quantitative estimate of drug-likeness (QED) is 0.579. The summed E-state index contributed by atoms with van der Waals surface area (Å²) in [6, 6.07) is 13.9. The van der Waals surface area contributed by atoms with Crippen LogP contribution >= 0.6 is 0 Å². The molecule has 166 valence electrons. The number of methoxy groups -OCH3 is 1. The van der Waals surface area contributed by atoms with Crippen LogP contribution < -0.4 is 5.32 Å². The number of Topliss-reactive ketones (excluding diaryl/α,β-unsaturated/α-hetero) is 1. The Morgan fingerprint density at radius 1 is 1.12 bits per heavy atom. The van der Waals surface area contributed by atoms with E-state index in [4.69, 9.17) is 9.47 Å². The number of rotatable bonds is 4. The summed E-state index contributed by atoms with van der Waals surface area (Å²) in [5.74, 6) is -3.05. The largest absolute Gasteiger partial charge is 0.468 e. The van der Waals surface area contributed by atoms with Gasteiger partial charge in [0.2, 0.25) is 0 Å². The highest BCUT2D eigenvalue weighted by Gasteiger charge is 2.47. The molecule has 0 radical (unpaired) electrons. The maximum Gasteiger partial charge on any atom is 0.336 e. The lowest BCUT2D eigenvalue weighted by Crippen LogP contribution is -2.43. The molecular formula is C26H27NO5. The van der Waals surface area contributed by atoms with Gasteiger partial charge in [0, 0.05) is 22.9 Å². The maximum absolute atomic E-state index is 13.7. The summed E-state index contributed by atoms with van der Waals surface area (Å²) in [5, 5.41) is 5.34. The Bertz CT molecular complexity index is 1180. The van der Waals surface area contributed by atoms with Gasteiger partial charge in [-0.25, -0.2) is 4.79 Å². The van der Waals surface area contributed by atoms with E-state index in [1.165, 1.54) is 7.11 Å². The van der Waals surface area contributed by atoms with Crippen molar-refractivity contribution in [1.29, 1.82) is 0 Å². The van der Waals surface area contributed by atoms with Gasteiger partial charge in [-0.15, -0.1) is 0 Å². The summed E-state index contributed by atoms with van der Waals surface area (Å²) in [5.41, 5.74) is 3.07. The molecule has 32 heavy (non-hydrogen) atoms. The summed E-state index contributed by atoms with van der Waals surface area (Å²) in [6.45, 7) is 5.67.